The van der Waals surface area contributed by atoms with Crippen molar-refractivity contribution >= 4 is 27.8 Å². The molecule has 1 rings (SSSR count). The fourth-order valence-electron chi connectivity index (χ4n) is 1.48. The van der Waals surface area contributed by atoms with Crippen LogP contribution in [0.15, 0.2) is 21.6 Å². The molecule has 0 unspecified atom stereocenters. The number of halogens is 4. The largest absolute Gasteiger partial charge is 0.482 e. The van der Waals surface area contributed by atoms with Crippen LogP contribution in [0.1, 0.15) is 25.8 Å². The van der Waals surface area contributed by atoms with E-state index >= 15 is 0 Å². The third kappa shape index (κ3) is 4.15. The Bertz CT molecular complexity index is 601. The molecule has 1 amide bonds. The maximum atomic E-state index is 13.9. The van der Waals surface area contributed by atoms with Gasteiger partial charge < -0.3 is 15.1 Å². The number of aliphatic imine (C=N–C) groups is 1. The van der Waals surface area contributed by atoms with Crippen molar-refractivity contribution < 1.29 is 22.7 Å². The molecular weight excluding hydrogens is 353 g/mol. The minimum atomic E-state index is -3.25. The molecule has 21 heavy (non-hydrogen) atoms. The van der Waals surface area contributed by atoms with Gasteiger partial charge in [-0.05, 0) is 28.9 Å². The van der Waals surface area contributed by atoms with Gasteiger partial charge in [-0.15, -0.1) is 6.01 Å². The molecule has 0 fully saturated rings. The lowest BCUT2D eigenvalue weighted by Crippen LogP contribution is -2.24. The zero-order chi connectivity index (χ0) is 16.2. The summed E-state index contributed by atoms with van der Waals surface area (Å²) in [6, 6.07) is 2.95. The van der Waals surface area contributed by atoms with E-state index in [9.17, 15) is 18.0 Å². The number of amides is 1. The Morgan fingerprint density at radius 3 is 2.71 bits per heavy atom. The Labute approximate surface area is 127 Å². The van der Waals surface area contributed by atoms with Gasteiger partial charge in [0.1, 0.15) is 11.6 Å². The highest BCUT2D eigenvalue weighted by Crippen LogP contribution is 2.40. The SMILES string of the molecule is CCC(F)(F)c1cc(Br)c(F)cc1O[C@@H](C)C(=O)N=C=[N-]. The zero-order valence-electron chi connectivity index (χ0n) is 11.2. The summed E-state index contributed by atoms with van der Waals surface area (Å²) in [6.07, 6.45) is -1.80. The Morgan fingerprint density at radius 2 is 2.19 bits per heavy atom. The van der Waals surface area contributed by atoms with Crippen molar-refractivity contribution in [3.05, 3.63) is 33.4 Å². The first-order valence-corrected chi connectivity index (χ1v) is 6.70. The van der Waals surface area contributed by atoms with Gasteiger partial charge in [0, 0.05) is 12.5 Å². The Morgan fingerprint density at radius 1 is 1.57 bits per heavy atom. The van der Waals surface area contributed by atoms with Crippen LogP contribution in [0.4, 0.5) is 13.2 Å². The number of hydrogen-bond acceptors (Lipinski definition) is 2. The molecule has 0 aliphatic rings. The predicted octanol–water partition coefficient (Wildman–Crippen LogP) is 4.13. The van der Waals surface area contributed by atoms with Crippen LogP contribution < -0.4 is 4.74 Å². The van der Waals surface area contributed by atoms with E-state index in [4.69, 9.17) is 10.1 Å². The predicted molar refractivity (Wildman–Crippen MR) is 74.2 cm³/mol. The molecule has 0 aliphatic carbocycles. The van der Waals surface area contributed by atoms with E-state index in [0.29, 0.717) is 0 Å². The maximum Gasteiger partial charge on any atom is 0.276 e. The van der Waals surface area contributed by atoms with Crippen LogP contribution in [-0.4, -0.2) is 18.0 Å². The van der Waals surface area contributed by atoms with Crippen LogP contribution in [0.5, 0.6) is 5.75 Å². The second-order valence-corrected chi connectivity index (χ2v) is 4.98. The molecule has 0 radical (unpaired) electrons. The number of carbonyl (C=O) groups excluding carboxylic acids is 1. The first-order valence-electron chi connectivity index (χ1n) is 5.90. The standard InChI is InChI=1S/C13H11BrF3N2O2/c1-3-13(16,17)8-4-9(14)10(15)5-11(8)21-7(2)12(20)19-6-18/h4-5,7H,3H2,1-2H3/q-1/t7-/m0/s1. The molecule has 0 spiro atoms. The number of ether oxygens (including phenoxy) is 1. The van der Waals surface area contributed by atoms with Crippen LogP contribution >= 0.6 is 15.9 Å². The highest BCUT2D eigenvalue weighted by atomic mass is 79.9. The summed E-state index contributed by atoms with van der Waals surface area (Å²) in [5.41, 5.74) is -0.546. The molecule has 1 aromatic carbocycles. The van der Waals surface area contributed by atoms with Gasteiger partial charge in [-0.3, -0.25) is 4.79 Å². The molecule has 0 saturated carbocycles. The molecule has 8 heteroatoms. The van der Waals surface area contributed by atoms with Crippen LogP contribution in [0.2, 0.25) is 0 Å². The van der Waals surface area contributed by atoms with Crippen LogP contribution in [0.3, 0.4) is 0 Å². The van der Waals surface area contributed by atoms with Gasteiger partial charge >= 0.3 is 0 Å². The topological polar surface area (TPSA) is 61.0 Å². The van der Waals surface area contributed by atoms with Gasteiger partial charge in [-0.1, -0.05) is 6.92 Å². The number of alkyl halides is 2. The average molecular weight is 364 g/mol. The Kier molecular flexibility index (Phi) is 5.69. The summed E-state index contributed by atoms with van der Waals surface area (Å²) in [7, 11) is 0. The van der Waals surface area contributed by atoms with E-state index in [0.717, 1.165) is 12.1 Å². The van der Waals surface area contributed by atoms with Gasteiger partial charge in [0.05, 0.1) is 10.0 Å². The van der Waals surface area contributed by atoms with Gasteiger partial charge in [0.15, 0.2) is 12.0 Å². The van der Waals surface area contributed by atoms with Gasteiger partial charge in [0.2, 0.25) is 0 Å². The van der Waals surface area contributed by atoms with E-state index in [1.54, 1.807) is 0 Å². The molecule has 114 valence electrons. The van der Waals surface area contributed by atoms with E-state index in [1.807, 2.05) is 0 Å². The van der Waals surface area contributed by atoms with E-state index in [1.165, 1.54) is 19.9 Å². The summed E-state index contributed by atoms with van der Waals surface area (Å²) < 4.78 is 46.2. The Hall–Kier alpha value is -1.66. The third-order valence-corrected chi connectivity index (χ3v) is 3.28. The monoisotopic (exact) mass is 363 g/mol. The fraction of sp³-hybridized carbons (Fsp3) is 0.385. The molecule has 0 bridgehead atoms. The highest BCUT2D eigenvalue weighted by Gasteiger charge is 2.34. The van der Waals surface area contributed by atoms with Crippen molar-refractivity contribution in [2.24, 2.45) is 4.99 Å². The van der Waals surface area contributed by atoms with Crippen molar-refractivity contribution in [2.75, 3.05) is 0 Å². The smallest absolute Gasteiger partial charge is 0.276 e. The lowest BCUT2D eigenvalue weighted by molar-refractivity contribution is -0.123. The van der Waals surface area contributed by atoms with E-state index in [2.05, 4.69) is 20.9 Å². The van der Waals surface area contributed by atoms with E-state index < -0.39 is 41.5 Å². The third-order valence-electron chi connectivity index (χ3n) is 2.67. The van der Waals surface area contributed by atoms with Crippen molar-refractivity contribution in [3.63, 3.8) is 0 Å². The number of rotatable bonds is 5. The second kappa shape index (κ2) is 6.87. The number of nitrogens with zero attached hydrogens (tertiary/aromatic N) is 2. The lowest BCUT2D eigenvalue weighted by Gasteiger charge is -2.22. The summed E-state index contributed by atoms with van der Waals surface area (Å²) in [4.78, 5) is 14.2. The van der Waals surface area contributed by atoms with Gasteiger partial charge in [-0.2, -0.15) is 0 Å². The van der Waals surface area contributed by atoms with Gasteiger partial charge in [-0.25, -0.2) is 13.2 Å². The molecule has 0 aromatic heterocycles. The lowest BCUT2D eigenvalue weighted by atomic mass is 10.0. The first kappa shape index (κ1) is 17.4. The highest BCUT2D eigenvalue weighted by molar-refractivity contribution is 9.10. The number of benzene rings is 1. The Balaban J connectivity index is 3.25. The number of carbonyl (C=O) groups is 1. The van der Waals surface area contributed by atoms with Crippen LogP contribution in [-0.2, 0) is 10.7 Å². The van der Waals surface area contributed by atoms with Crippen LogP contribution in [0.25, 0.3) is 5.41 Å². The molecule has 0 N–H and O–H groups in total. The number of hydrogen-bond donors (Lipinski definition) is 0. The van der Waals surface area contributed by atoms with Crippen molar-refractivity contribution in [3.8, 4) is 5.75 Å². The minimum Gasteiger partial charge on any atom is -0.482 e. The first-order chi connectivity index (χ1) is 9.72. The summed E-state index contributed by atoms with van der Waals surface area (Å²) in [6.45, 7) is 2.50. The summed E-state index contributed by atoms with van der Waals surface area (Å²) in [5.74, 6) is -5.46. The van der Waals surface area contributed by atoms with Crippen molar-refractivity contribution in [1.82, 2.24) is 0 Å². The average Bonchev–Trinajstić information content (AvgIpc) is 2.42. The summed E-state index contributed by atoms with van der Waals surface area (Å²) >= 11 is 2.83. The maximum absolute atomic E-state index is 13.9. The molecule has 1 atom stereocenters. The summed E-state index contributed by atoms with van der Waals surface area (Å²) in [5, 5.41) is 8.27. The second-order valence-electron chi connectivity index (χ2n) is 4.13. The molecule has 1 aromatic rings. The van der Waals surface area contributed by atoms with E-state index in [-0.39, 0.29) is 4.47 Å². The van der Waals surface area contributed by atoms with Crippen molar-refractivity contribution in [2.45, 2.75) is 32.3 Å². The van der Waals surface area contributed by atoms with Crippen LogP contribution in [0, 0.1) is 5.82 Å². The zero-order valence-corrected chi connectivity index (χ0v) is 12.7. The quantitative estimate of drug-likeness (QED) is 0.738. The molecular formula is C13H11BrF3N2O2-. The fourth-order valence-corrected chi connectivity index (χ4v) is 1.83. The molecule has 4 nitrogen and oxygen atoms in total. The normalized spacial score (nSPS) is 12.5. The minimum absolute atomic E-state index is 0.140. The van der Waals surface area contributed by atoms with Crippen molar-refractivity contribution in [1.29, 1.82) is 0 Å². The molecule has 0 aliphatic heterocycles. The molecule has 0 saturated heterocycles. The van der Waals surface area contributed by atoms with Gasteiger partial charge in [0.25, 0.3) is 5.92 Å². The molecule has 0 heterocycles.